The van der Waals surface area contributed by atoms with Gasteiger partial charge in [-0.15, -0.1) is 0 Å². The van der Waals surface area contributed by atoms with Gasteiger partial charge < -0.3 is 14.8 Å². The van der Waals surface area contributed by atoms with Crippen molar-refractivity contribution >= 4 is 57.5 Å². The summed E-state index contributed by atoms with van der Waals surface area (Å²) in [5, 5.41) is 23.6. The fraction of sp³-hybridized carbons (Fsp3) is 0.120. The van der Waals surface area contributed by atoms with Crippen LogP contribution in [0.3, 0.4) is 0 Å². The molecule has 3 aromatic rings. The Labute approximate surface area is 220 Å². The van der Waals surface area contributed by atoms with Gasteiger partial charge in [0.25, 0.3) is 11.6 Å². The number of anilines is 1. The first-order valence-electron chi connectivity index (χ1n) is 10.3. The van der Waals surface area contributed by atoms with Crippen LogP contribution in [0, 0.1) is 25.0 Å². The van der Waals surface area contributed by atoms with E-state index in [1.165, 1.54) is 30.3 Å². The van der Waals surface area contributed by atoms with Crippen molar-refractivity contribution in [3.05, 3.63) is 96.1 Å². The van der Waals surface area contributed by atoms with Crippen molar-refractivity contribution in [1.82, 2.24) is 0 Å². The number of ether oxygens (including phenoxy) is 2. The molecule has 0 fully saturated rings. The predicted molar refractivity (Wildman–Crippen MR) is 141 cm³/mol. The second-order valence-electron chi connectivity index (χ2n) is 7.11. The second-order valence-corrected chi connectivity index (χ2v) is 8.71. The number of halogens is 2. The fourth-order valence-electron chi connectivity index (χ4n) is 3.07. The van der Waals surface area contributed by atoms with Crippen LogP contribution >= 0.6 is 34.2 Å². The van der Waals surface area contributed by atoms with Gasteiger partial charge in [0.1, 0.15) is 18.2 Å². The van der Waals surface area contributed by atoms with Crippen LogP contribution in [0.2, 0.25) is 5.02 Å². The van der Waals surface area contributed by atoms with Gasteiger partial charge in [-0.25, -0.2) is 0 Å². The molecule has 3 aromatic carbocycles. The quantitative estimate of drug-likeness (QED) is 0.0999. The molecule has 10 heteroatoms. The number of carbonyl (C=O) groups is 1. The molecule has 0 aliphatic carbocycles. The minimum Gasteiger partial charge on any atom is -0.490 e. The minimum absolute atomic E-state index is 0.172. The monoisotopic (exact) mass is 603 g/mol. The Balaban J connectivity index is 1.85. The molecule has 0 aliphatic rings. The lowest BCUT2D eigenvalue weighted by Crippen LogP contribution is -2.13. The summed E-state index contributed by atoms with van der Waals surface area (Å²) in [5.41, 5.74) is 1.31. The average Bonchev–Trinajstić information content (AvgIpc) is 2.82. The molecule has 0 saturated carbocycles. The van der Waals surface area contributed by atoms with Crippen molar-refractivity contribution in [3.63, 3.8) is 0 Å². The number of carbonyl (C=O) groups excluding carboxylic acids is 1. The largest absolute Gasteiger partial charge is 0.490 e. The van der Waals surface area contributed by atoms with E-state index in [1.807, 2.05) is 31.2 Å². The first kappa shape index (κ1) is 26.0. The highest BCUT2D eigenvalue weighted by molar-refractivity contribution is 14.1. The average molecular weight is 604 g/mol. The standard InChI is InChI=1S/C25H19ClIN3O5/c1-2-34-23-12-17(11-22(27)24(23)35-15-16-5-3-6-19(26)10-16)9-18(14-28)25(31)29-20-7-4-8-21(13-20)30(32)33/h3-13H,2,15H2,1H3,(H,29,31)/b18-9+. The van der Waals surface area contributed by atoms with Crippen molar-refractivity contribution < 1.29 is 19.2 Å². The Bertz CT molecular complexity index is 1340. The van der Waals surface area contributed by atoms with Gasteiger partial charge in [0.15, 0.2) is 11.5 Å². The molecular weight excluding hydrogens is 585 g/mol. The van der Waals surface area contributed by atoms with E-state index in [4.69, 9.17) is 21.1 Å². The maximum absolute atomic E-state index is 12.6. The molecule has 8 nitrogen and oxygen atoms in total. The molecule has 0 atom stereocenters. The zero-order valence-electron chi connectivity index (χ0n) is 18.5. The van der Waals surface area contributed by atoms with Gasteiger partial charge in [-0.3, -0.25) is 14.9 Å². The van der Waals surface area contributed by atoms with Gasteiger partial charge in [-0.05, 0) is 77.0 Å². The molecule has 0 aliphatic heterocycles. The van der Waals surface area contributed by atoms with Crippen LogP contribution in [-0.2, 0) is 11.4 Å². The van der Waals surface area contributed by atoms with Crippen molar-refractivity contribution in [1.29, 1.82) is 5.26 Å². The van der Waals surface area contributed by atoms with Crippen molar-refractivity contribution in [2.75, 3.05) is 11.9 Å². The number of nitro benzene ring substituents is 1. The summed E-state index contributed by atoms with van der Waals surface area (Å²) in [6.45, 7) is 2.50. The van der Waals surface area contributed by atoms with Crippen LogP contribution in [-0.4, -0.2) is 17.4 Å². The Kier molecular flexibility index (Phi) is 9.05. The molecule has 0 saturated heterocycles. The van der Waals surface area contributed by atoms with Crippen LogP contribution in [0.5, 0.6) is 11.5 Å². The van der Waals surface area contributed by atoms with E-state index in [2.05, 4.69) is 27.9 Å². The summed E-state index contributed by atoms with van der Waals surface area (Å²) in [7, 11) is 0. The number of nitrogens with zero attached hydrogens (tertiary/aromatic N) is 2. The maximum Gasteiger partial charge on any atom is 0.271 e. The Morgan fingerprint density at radius 2 is 1.97 bits per heavy atom. The van der Waals surface area contributed by atoms with Crippen LogP contribution in [0.25, 0.3) is 6.08 Å². The summed E-state index contributed by atoms with van der Waals surface area (Å²) in [6.07, 6.45) is 1.41. The van der Waals surface area contributed by atoms with E-state index in [-0.39, 0.29) is 23.6 Å². The lowest BCUT2D eigenvalue weighted by Gasteiger charge is -2.15. The zero-order chi connectivity index (χ0) is 25.4. The van der Waals surface area contributed by atoms with Crippen molar-refractivity contribution in [2.45, 2.75) is 13.5 Å². The molecular formula is C25H19ClIN3O5. The van der Waals surface area contributed by atoms with E-state index < -0.39 is 10.8 Å². The molecule has 35 heavy (non-hydrogen) atoms. The van der Waals surface area contributed by atoms with Crippen LogP contribution in [0.15, 0.2) is 66.2 Å². The molecule has 0 unspecified atom stereocenters. The SMILES string of the molecule is CCOc1cc(/C=C(\C#N)C(=O)Nc2cccc([N+](=O)[O-])c2)cc(I)c1OCc1cccc(Cl)c1. The molecule has 0 radical (unpaired) electrons. The van der Waals surface area contributed by atoms with E-state index >= 15 is 0 Å². The summed E-state index contributed by atoms with van der Waals surface area (Å²) in [4.78, 5) is 23.0. The molecule has 0 bridgehead atoms. The summed E-state index contributed by atoms with van der Waals surface area (Å²) >= 11 is 8.14. The molecule has 3 rings (SSSR count). The minimum atomic E-state index is -0.692. The number of nitro groups is 1. The summed E-state index contributed by atoms with van der Waals surface area (Å²) in [6, 6.07) is 18.1. The lowest BCUT2D eigenvalue weighted by atomic mass is 10.1. The van der Waals surface area contributed by atoms with Gasteiger partial charge in [0, 0.05) is 22.8 Å². The normalized spacial score (nSPS) is 10.9. The summed E-state index contributed by atoms with van der Waals surface area (Å²) < 4.78 is 12.5. The number of nitrogens with one attached hydrogen (secondary N) is 1. The van der Waals surface area contributed by atoms with Crippen LogP contribution in [0.4, 0.5) is 11.4 Å². The molecule has 0 heterocycles. The smallest absolute Gasteiger partial charge is 0.271 e. The zero-order valence-corrected chi connectivity index (χ0v) is 21.4. The van der Waals surface area contributed by atoms with E-state index in [0.29, 0.717) is 28.7 Å². The third-order valence-electron chi connectivity index (χ3n) is 4.59. The van der Waals surface area contributed by atoms with Crippen LogP contribution < -0.4 is 14.8 Å². The van der Waals surface area contributed by atoms with Gasteiger partial charge in [0.2, 0.25) is 0 Å². The van der Waals surface area contributed by atoms with E-state index in [9.17, 15) is 20.2 Å². The number of hydrogen-bond acceptors (Lipinski definition) is 6. The molecule has 178 valence electrons. The highest BCUT2D eigenvalue weighted by atomic mass is 127. The third-order valence-corrected chi connectivity index (χ3v) is 5.63. The molecule has 0 aromatic heterocycles. The number of hydrogen-bond donors (Lipinski definition) is 1. The Morgan fingerprint density at radius 1 is 1.20 bits per heavy atom. The predicted octanol–water partition coefficient (Wildman–Crippen LogP) is 6.38. The van der Waals surface area contributed by atoms with Crippen LogP contribution in [0.1, 0.15) is 18.1 Å². The van der Waals surface area contributed by atoms with Gasteiger partial charge in [-0.2, -0.15) is 5.26 Å². The number of amides is 1. The van der Waals surface area contributed by atoms with Crippen molar-refractivity contribution in [2.24, 2.45) is 0 Å². The maximum atomic E-state index is 12.6. The first-order valence-corrected chi connectivity index (χ1v) is 11.8. The highest BCUT2D eigenvalue weighted by Gasteiger charge is 2.16. The topological polar surface area (TPSA) is 114 Å². The highest BCUT2D eigenvalue weighted by Crippen LogP contribution is 2.35. The fourth-order valence-corrected chi connectivity index (χ4v) is 4.06. The third kappa shape index (κ3) is 7.18. The second kappa shape index (κ2) is 12.2. The summed E-state index contributed by atoms with van der Waals surface area (Å²) in [5.74, 6) is 0.301. The van der Waals surface area contributed by atoms with Gasteiger partial charge in [0.05, 0.1) is 15.1 Å². The van der Waals surface area contributed by atoms with E-state index in [1.54, 1.807) is 18.2 Å². The van der Waals surface area contributed by atoms with Gasteiger partial charge >= 0.3 is 0 Å². The molecule has 1 N–H and O–H groups in total. The first-order chi connectivity index (χ1) is 16.8. The van der Waals surface area contributed by atoms with Crippen molar-refractivity contribution in [3.8, 4) is 17.6 Å². The lowest BCUT2D eigenvalue weighted by molar-refractivity contribution is -0.384. The van der Waals surface area contributed by atoms with E-state index in [0.717, 1.165) is 9.13 Å². The van der Waals surface area contributed by atoms with Gasteiger partial charge in [-0.1, -0.05) is 29.8 Å². The number of nitriles is 1. The molecule has 1 amide bonds. The number of non-ortho nitro benzene ring substituents is 1. The Morgan fingerprint density at radius 3 is 2.66 bits per heavy atom. The number of rotatable bonds is 9. The Hall–Kier alpha value is -3.62. The molecule has 0 spiro atoms. The number of benzene rings is 3.